The van der Waals surface area contributed by atoms with E-state index in [-0.39, 0.29) is 5.91 Å². The monoisotopic (exact) mass is 284 g/mol. The summed E-state index contributed by atoms with van der Waals surface area (Å²) in [5.41, 5.74) is 3.37. The lowest BCUT2D eigenvalue weighted by Gasteiger charge is -2.10. The standard InChI is InChI=1S/C16H20N4O/c1-12-9-19-14(10-18-12)11-20-16(21)15-6-4-3-5-13(15)7-8-17-2/h3-6,9-10,17H,7-8,11H2,1-2H3,(H,20,21). The Morgan fingerprint density at radius 1 is 1.19 bits per heavy atom. The number of aryl methyl sites for hydroxylation is 1. The largest absolute Gasteiger partial charge is 0.346 e. The van der Waals surface area contributed by atoms with Crippen molar-refractivity contribution in [1.29, 1.82) is 0 Å². The molecular formula is C16H20N4O. The van der Waals surface area contributed by atoms with E-state index in [0.29, 0.717) is 12.1 Å². The van der Waals surface area contributed by atoms with Crippen molar-refractivity contribution < 1.29 is 4.79 Å². The Hall–Kier alpha value is -2.27. The van der Waals surface area contributed by atoms with Gasteiger partial charge in [0.25, 0.3) is 5.91 Å². The molecule has 5 nitrogen and oxygen atoms in total. The number of likely N-dealkylation sites (N-methyl/N-ethyl adjacent to an activating group) is 1. The van der Waals surface area contributed by atoms with Gasteiger partial charge in [-0.1, -0.05) is 18.2 Å². The number of carbonyl (C=O) groups excluding carboxylic acids is 1. The van der Waals surface area contributed by atoms with E-state index in [2.05, 4.69) is 20.6 Å². The van der Waals surface area contributed by atoms with E-state index >= 15 is 0 Å². The van der Waals surface area contributed by atoms with Crippen LogP contribution in [0.2, 0.25) is 0 Å². The first kappa shape index (κ1) is 15.1. The Balaban J connectivity index is 2.01. The third-order valence-electron chi connectivity index (χ3n) is 3.17. The van der Waals surface area contributed by atoms with Crippen molar-refractivity contribution >= 4 is 5.91 Å². The molecule has 2 N–H and O–H groups in total. The molecule has 0 saturated heterocycles. The van der Waals surface area contributed by atoms with Crippen molar-refractivity contribution in [3.63, 3.8) is 0 Å². The summed E-state index contributed by atoms with van der Waals surface area (Å²) in [6.07, 6.45) is 4.20. The van der Waals surface area contributed by atoms with Crippen LogP contribution in [0, 0.1) is 6.92 Å². The van der Waals surface area contributed by atoms with E-state index in [0.717, 1.165) is 29.9 Å². The Labute approximate surface area is 124 Å². The Bertz CT molecular complexity index is 595. The first-order chi connectivity index (χ1) is 10.2. The predicted molar refractivity (Wildman–Crippen MR) is 82.0 cm³/mol. The molecule has 5 heteroatoms. The van der Waals surface area contributed by atoms with Crippen LogP contribution in [-0.4, -0.2) is 29.5 Å². The van der Waals surface area contributed by atoms with Gasteiger partial charge in [0.05, 0.1) is 24.1 Å². The summed E-state index contributed by atoms with van der Waals surface area (Å²) in [5.74, 6) is -0.0796. The number of nitrogens with zero attached hydrogens (tertiary/aromatic N) is 2. The highest BCUT2D eigenvalue weighted by molar-refractivity contribution is 5.95. The number of nitrogens with one attached hydrogen (secondary N) is 2. The molecule has 1 heterocycles. The summed E-state index contributed by atoms with van der Waals surface area (Å²) >= 11 is 0. The molecule has 0 saturated carbocycles. The zero-order chi connectivity index (χ0) is 15.1. The van der Waals surface area contributed by atoms with Gasteiger partial charge in [-0.25, -0.2) is 0 Å². The molecule has 2 rings (SSSR count). The van der Waals surface area contributed by atoms with Crippen LogP contribution in [-0.2, 0) is 13.0 Å². The molecule has 0 fully saturated rings. The predicted octanol–water partition coefficient (Wildman–Crippen LogP) is 1.48. The molecule has 1 aromatic carbocycles. The average Bonchev–Trinajstić information content (AvgIpc) is 2.52. The average molecular weight is 284 g/mol. The number of amides is 1. The second kappa shape index (κ2) is 7.50. The van der Waals surface area contributed by atoms with Gasteiger partial charge in [-0.2, -0.15) is 0 Å². The van der Waals surface area contributed by atoms with Crippen molar-refractivity contribution in [3.8, 4) is 0 Å². The summed E-state index contributed by atoms with van der Waals surface area (Å²) in [6.45, 7) is 3.10. The molecule has 21 heavy (non-hydrogen) atoms. The fourth-order valence-electron chi connectivity index (χ4n) is 2.00. The summed E-state index contributed by atoms with van der Waals surface area (Å²) < 4.78 is 0. The number of hydrogen-bond acceptors (Lipinski definition) is 4. The van der Waals surface area contributed by atoms with Gasteiger partial charge in [0.1, 0.15) is 0 Å². The van der Waals surface area contributed by atoms with E-state index in [9.17, 15) is 4.79 Å². The Morgan fingerprint density at radius 2 is 2.00 bits per heavy atom. The van der Waals surface area contributed by atoms with E-state index in [1.165, 1.54) is 0 Å². The summed E-state index contributed by atoms with van der Waals surface area (Å²) in [7, 11) is 1.90. The molecule has 0 aliphatic heterocycles. The smallest absolute Gasteiger partial charge is 0.251 e. The quantitative estimate of drug-likeness (QED) is 0.843. The summed E-state index contributed by atoms with van der Waals surface area (Å²) in [5, 5.41) is 5.99. The third-order valence-corrected chi connectivity index (χ3v) is 3.17. The first-order valence-electron chi connectivity index (χ1n) is 6.99. The first-order valence-corrected chi connectivity index (χ1v) is 6.99. The van der Waals surface area contributed by atoms with Crippen LogP contribution in [0.3, 0.4) is 0 Å². The van der Waals surface area contributed by atoms with Crippen LogP contribution in [0.4, 0.5) is 0 Å². The van der Waals surface area contributed by atoms with Crippen molar-refractivity contribution in [1.82, 2.24) is 20.6 Å². The maximum atomic E-state index is 12.3. The molecule has 0 aliphatic carbocycles. The normalized spacial score (nSPS) is 10.4. The van der Waals surface area contributed by atoms with Gasteiger partial charge in [0, 0.05) is 11.8 Å². The maximum absolute atomic E-state index is 12.3. The minimum Gasteiger partial charge on any atom is -0.346 e. The van der Waals surface area contributed by atoms with Gasteiger partial charge in [-0.05, 0) is 38.6 Å². The van der Waals surface area contributed by atoms with Crippen LogP contribution < -0.4 is 10.6 Å². The van der Waals surface area contributed by atoms with Gasteiger partial charge in [-0.3, -0.25) is 14.8 Å². The molecule has 2 aromatic rings. The number of benzene rings is 1. The van der Waals surface area contributed by atoms with Crippen LogP contribution in [0.25, 0.3) is 0 Å². The van der Waals surface area contributed by atoms with Gasteiger partial charge in [-0.15, -0.1) is 0 Å². The molecule has 0 unspecified atom stereocenters. The van der Waals surface area contributed by atoms with Crippen LogP contribution in [0.1, 0.15) is 27.3 Å². The highest BCUT2D eigenvalue weighted by Crippen LogP contribution is 2.09. The molecule has 0 spiro atoms. The zero-order valence-electron chi connectivity index (χ0n) is 12.4. The van der Waals surface area contributed by atoms with E-state index < -0.39 is 0 Å². The second-order valence-electron chi connectivity index (χ2n) is 4.84. The highest BCUT2D eigenvalue weighted by Gasteiger charge is 2.10. The lowest BCUT2D eigenvalue weighted by atomic mass is 10.0. The number of carbonyl (C=O) groups is 1. The lowest BCUT2D eigenvalue weighted by molar-refractivity contribution is 0.0949. The van der Waals surface area contributed by atoms with Gasteiger partial charge in [0.15, 0.2) is 0 Å². The SMILES string of the molecule is CNCCc1ccccc1C(=O)NCc1cnc(C)cn1. The van der Waals surface area contributed by atoms with Crippen LogP contribution in [0.15, 0.2) is 36.7 Å². The fraction of sp³-hybridized carbons (Fsp3) is 0.312. The van der Waals surface area contributed by atoms with Gasteiger partial charge < -0.3 is 10.6 Å². The molecule has 1 aromatic heterocycles. The fourth-order valence-corrected chi connectivity index (χ4v) is 2.00. The number of hydrogen-bond donors (Lipinski definition) is 2. The molecule has 0 aliphatic rings. The van der Waals surface area contributed by atoms with Crippen molar-refractivity contribution in [2.45, 2.75) is 19.9 Å². The van der Waals surface area contributed by atoms with E-state index in [1.807, 2.05) is 38.2 Å². The Kier molecular flexibility index (Phi) is 5.40. The van der Waals surface area contributed by atoms with Gasteiger partial charge in [0.2, 0.25) is 0 Å². The van der Waals surface area contributed by atoms with Crippen LogP contribution in [0.5, 0.6) is 0 Å². The summed E-state index contributed by atoms with van der Waals surface area (Å²) in [6, 6.07) is 7.66. The highest BCUT2D eigenvalue weighted by atomic mass is 16.1. The van der Waals surface area contributed by atoms with Crippen molar-refractivity contribution in [2.24, 2.45) is 0 Å². The van der Waals surface area contributed by atoms with Gasteiger partial charge >= 0.3 is 0 Å². The minimum atomic E-state index is -0.0796. The van der Waals surface area contributed by atoms with Crippen molar-refractivity contribution in [2.75, 3.05) is 13.6 Å². The topological polar surface area (TPSA) is 66.9 Å². The second-order valence-corrected chi connectivity index (χ2v) is 4.84. The minimum absolute atomic E-state index is 0.0796. The molecule has 110 valence electrons. The molecule has 1 amide bonds. The Morgan fingerprint density at radius 3 is 2.71 bits per heavy atom. The number of aromatic nitrogens is 2. The summed E-state index contributed by atoms with van der Waals surface area (Å²) in [4.78, 5) is 20.7. The molecule has 0 radical (unpaired) electrons. The zero-order valence-corrected chi connectivity index (χ0v) is 12.4. The molecule has 0 bridgehead atoms. The molecule has 0 atom stereocenters. The van der Waals surface area contributed by atoms with Crippen molar-refractivity contribution in [3.05, 3.63) is 59.2 Å². The van der Waals surface area contributed by atoms with Crippen LogP contribution >= 0.6 is 0 Å². The van der Waals surface area contributed by atoms with E-state index in [4.69, 9.17) is 0 Å². The van der Waals surface area contributed by atoms with E-state index in [1.54, 1.807) is 12.4 Å². The maximum Gasteiger partial charge on any atom is 0.251 e. The lowest BCUT2D eigenvalue weighted by Crippen LogP contribution is -2.25. The third kappa shape index (κ3) is 4.36. The number of rotatable bonds is 6. The molecular weight excluding hydrogens is 264 g/mol.